The van der Waals surface area contributed by atoms with E-state index in [9.17, 15) is 31.1 Å². The Morgan fingerprint density at radius 2 is 1.61 bits per heavy atom. The molecule has 2 aromatic heterocycles. The van der Waals surface area contributed by atoms with Gasteiger partial charge in [0.25, 0.3) is 5.91 Å². The van der Waals surface area contributed by atoms with Crippen LogP contribution in [0.15, 0.2) is 55.1 Å². The molecule has 0 bridgehead atoms. The molecule has 0 aliphatic rings. The number of amides is 1. The molecule has 162 valence electrons. The SMILES string of the molecule is O=C(/C=C\n1cnc(-c2cc(C(F)(F)F)cc(C(F)(F)F)c2)n1)N[NH2+]c1ccncc1. The second-order valence-electron chi connectivity index (χ2n) is 6.09. The first-order valence-corrected chi connectivity index (χ1v) is 8.45. The van der Waals surface area contributed by atoms with Crippen LogP contribution in [0.1, 0.15) is 11.1 Å². The fourth-order valence-corrected chi connectivity index (χ4v) is 2.37. The molecule has 0 spiro atoms. The van der Waals surface area contributed by atoms with Gasteiger partial charge >= 0.3 is 12.4 Å². The van der Waals surface area contributed by atoms with Crippen molar-refractivity contribution in [2.75, 3.05) is 0 Å². The topological polar surface area (TPSA) is 89.3 Å². The number of rotatable bonds is 5. The highest BCUT2D eigenvalue weighted by Gasteiger charge is 2.37. The molecule has 13 heteroatoms. The van der Waals surface area contributed by atoms with Crippen LogP contribution >= 0.6 is 0 Å². The predicted molar refractivity (Wildman–Crippen MR) is 94.8 cm³/mol. The Balaban J connectivity index is 1.77. The Bertz CT molecular complexity index is 1060. The van der Waals surface area contributed by atoms with Gasteiger partial charge in [0.05, 0.1) is 11.1 Å². The van der Waals surface area contributed by atoms with Gasteiger partial charge in [0.1, 0.15) is 6.33 Å². The number of alkyl halides is 6. The second kappa shape index (κ2) is 8.55. The van der Waals surface area contributed by atoms with Crippen LogP contribution in [0.4, 0.5) is 32.0 Å². The summed E-state index contributed by atoms with van der Waals surface area (Å²) in [5.74, 6) is -0.919. The summed E-state index contributed by atoms with van der Waals surface area (Å²) in [5, 5.41) is 3.80. The van der Waals surface area contributed by atoms with Crippen LogP contribution in [0.25, 0.3) is 17.6 Å². The van der Waals surface area contributed by atoms with Gasteiger partial charge in [-0.15, -0.1) is 5.10 Å². The minimum atomic E-state index is -4.98. The molecule has 0 saturated carbocycles. The van der Waals surface area contributed by atoms with Gasteiger partial charge < -0.3 is 0 Å². The summed E-state index contributed by atoms with van der Waals surface area (Å²) in [7, 11) is 0. The third kappa shape index (κ3) is 5.88. The van der Waals surface area contributed by atoms with E-state index < -0.39 is 35.0 Å². The van der Waals surface area contributed by atoms with Gasteiger partial charge in [0.2, 0.25) is 0 Å². The number of halogens is 6. The van der Waals surface area contributed by atoms with Crippen molar-refractivity contribution in [3.05, 3.63) is 66.3 Å². The fraction of sp³-hybridized carbons (Fsp3) is 0.111. The zero-order valence-corrected chi connectivity index (χ0v) is 15.3. The van der Waals surface area contributed by atoms with Gasteiger partial charge in [0.15, 0.2) is 11.5 Å². The first-order chi connectivity index (χ1) is 14.5. The zero-order chi connectivity index (χ0) is 22.6. The maximum Gasteiger partial charge on any atom is 0.416 e. The number of carbonyl (C=O) groups is 1. The third-order valence-corrected chi connectivity index (χ3v) is 3.82. The summed E-state index contributed by atoms with van der Waals surface area (Å²) < 4.78 is 78.9. The van der Waals surface area contributed by atoms with Crippen molar-refractivity contribution in [1.82, 2.24) is 25.2 Å². The summed E-state index contributed by atoms with van der Waals surface area (Å²) in [6, 6.07) is 4.37. The maximum absolute atomic E-state index is 13.0. The van der Waals surface area contributed by atoms with Crippen molar-refractivity contribution in [3.8, 4) is 11.4 Å². The molecule has 0 unspecified atom stereocenters. The smallest absolute Gasteiger partial charge is 0.265 e. The normalized spacial score (nSPS) is 12.3. The first kappa shape index (κ1) is 22.0. The van der Waals surface area contributed by atoms with E-state index in [1.807, 2.05) is 0 Å². The molecule has 0 fully saturated rings. The number of hydrogen-bond donors (Lipinski definition) is 2. The molecule has 1 amide bonds. The van der Waals surface area contributed by atoms with Gasteiger partial charge in [-0.3, -0.25) is 9.78 Å². The second-order valence-corrected chi connectivity index (χ2v) is 6.09. The molecule has 0 radical (unpaired) electrons. The molecule has 2 heterocycles. The number of hydrogen-bond acceptors (Lipinski definition) is 4. The van der Waals surface area contributed by atoms with Gasteiger partial charge in [0, 0.05) is 42.4 Å². The lowest BCUT2D eigenvalue weighted by Crippen LogP contribution is -2.89. The number of nitrogens with two attached hydrogens (primary N) is 1. The van der Waals surface area contributed by atoms with E-state index in [-0.39, 0.29) is 11.9 Å². The minimum absolute atomic E-state index is 0.0179. The molecule has 31 heavy (non-hydrogen) atoms. The van der Waals surface area contributed by atoms with Crippen LogP contribution in [0.5, 0.6) is 0 Å². The number of pyridine rings is 1. The van der Waals surface area contributed by atoms with Crippen LogP contribution in [-0.4, -0.2) is 25.7 Å². The van der Waals surface area contributed by atoms with Crippen LogP contribution in [-0.2, 0) is 17.1 Å². The molecule has 0 atom stereocenters. The number of benzene rings is 1. The quantitative estimate of drug-likeness (QED) is 0.209. The van der Waals surface area contributed by atoms with E-state index in [4.69, 9.17) is 0 Å². The lowest BCUT2D eigenvalue weighted by Gasteiger charge is -2.13. The van der Waals surface area contributed by atoms with Crippen molar-refractivity contribution in [2.45, 2.75) is 12.4 Å². The van der Waals surface area contributed by atoms with Crippen molar-refractivity contribution in [1.29, 1.82) is 0 Å². The fourth-order valence-electron chi connectivity index (χ4n) is 2.37. The molecule has 0 aliphatic carbocycles. The van der Waals surface area contributed by atoms with Crippen LogP contribution < -0.4 is 10.9 Å². The van der Waals surface area contributed by atoms with Crippen LogP contribution in [0.3, 0.4) is 0 Å². The van der Waals surface area contributed by atoms with Crippen molar-refractivity contribution in [2.24, 2.45) is 0 Å². The Morgan fingerprint density at radius 3 is 2.19 bits per heavy atom. The van der Waals surface area contributed by atoms with E-state index in [1.54, 1.807) is 12.1 Å². The molecule has 1 aromatic carbocycles. The highest BCUT2D eigenvalue weighted by Crippen LogP contribution is 2.37. The first-order valence-electron chi connectivity index (χ1n) is 8.45. The molecular formula is C18H13F6N6O+. The van der Waals surface area contributed by atoms with Gasteiger partial charge in [-0.05, 0) is 18.2 Å². The van der Waals surface area contributed by atoms with Crippen molar-refractivity contribution < 1.29 is 36.6 Å². The third-order valence-electron chi connectivity index (χ3n) is 3.82. The number of quaternary nitrogens is 1. The molecule has 0 aliphatic heterocycles. The van der Waals surface area contributed by atoms with Crippen molar-refractivity contribution in [3.63, 3.8) is 0 Å². The average molecular weight is 443 g/mol. The van der Waals surface area contributed by atoms with Gasteiger partial charge in [-0.1, -0.05) is 0 Å². The molecule has 7 nitrogen and oxygen atoms in total. The van der Waals surface area contributed by atoms with E-state index in [0.717, 1.165) is 23.3 Å². The Hall–Kier alpha value is -3.74. The summed E-state index contributed by atoms with van der Waals surface area (Å²) in [6.07, 6.45) is -3.66. The monoisotopic (exact) mass is 443 g/mol. The van der Waals surface area contributed by atoms with E-state index in [2.05, 4.69) is 20.5 Å². The molecule has 3 rings (SSSR count). The summed E-state index contributed by atoms with van der Waals surface area (Å²) in [6.45, 7) is 0. The Kier molecular flexibility index (Phi) is 6.06. The van der Waals surface area contributed by atoms with E-state index in [0.29, 0.717) is 17.8 Å². The summed E-state index contributed by atoms with van der Waals surface area (Å²) >= 11 is 0. The lowest BCUT2D eigenvalue weighted by molar-refractivity contribution is -0.619. The average Bonchev–Trinajstić information content (AvgIpc) is 3.19. The van der Waals surface area contributed by atoms with Gasteiger partial charge in [-0.2, -0.15) is 31.8 Å². The predicted octanol–water partition coefficient (Wildman–Crippen LogP) is 2.77. The van der Waals surface area contributed by atoms with E-state index in [1.165, 1.54) is 17.8 Å². The van der Waals surface area contributed by atoms with Crippen LogP contribution in [0.2, 0.25) is 0 Å². The molecule has 3 N–H and O–H groups in total. The van der Waals surface area contributed by atoms with Gasteiger partial charge in [-0.25, -0.2) is 15.1 Å². The highest BCUT2D eigenvalue weighted by atomic mass is 19.4. The number of aromatic nitrogens is 4. The lowest BCUT2D eigenvalue weighted by atomic mass is 10.0. The number of carbonyl (C=O) groups excluding carboxylic acids is 1. The van der Waals surface area contributed by atoms with Crippen molar-refractivity contribution >= 4 is 17.8 Å². The van der Waals surface area contributed by atoms with Crippen LogP contribution in [0, 0.1) is 0 Å². The highest BCUT2D eigenvalue weighted by molar-refractivity contribution is 5.89. The zero-order valence-electron chi connectivity index (χ0n) is 15.3. The number of nitrogens with one attached hydrogen (secondary N) is 1. The summed E-state index contributed by atoms with van der Waals surface area (Å²) in [5.41, 5.74) is 1.15. The molecule has 3 aromatic rings. The number of nitrogens with zero attached hydrogens (tertiary/aromatic N) is 4. The van der Waals surface area contributed by atoms with E-state index >= 15 is 0 Å². The maximum atomic E-state index is 13.0. The molecule has 0 saturated heterocycles. The Labute approximate surface area is 170 Å². The molecular weight excluding hydrogens is 430 g/mol. The minimum Gasteiger partial charge on any atom is -0.265 e. The Morgan fingerprint density at radius 1 is 1.00 bits per heavy atom. The largest absolute Gasteiger partial charge is 0.416 e. The summed E-state index contributed by atoms with van der Waals surface area (Å²) in [4.78, 5) is 19.4. The standard InChI is InChI=1S/C18H12F6N6O/c19-17(20,21)12-7-11(8-13(9-12)18(22,23)24)16-26-10-30(29-16)6-3-15(31)28-27-14-1-4-25-5-2-14/h1-10H,(H,25,27)(H,28,31)/p+1/b6-3-.